The standard InChI is InChI=1S/C19H21BrClN3O6S/c1-28-16-6-5-13(21)9-15(16)24(31(4,26)27)11-18(25)23-22-10-12-7-14(20)19(30-3)17(8-12)29-2/h5-10H,11H2,1-4H3,(H,23,25)/b22-10-. The number of benzene rings is 2. The first-order valence-electron chi connectivity index (χ1n) is 8.65. The number of hydrogen-bond acceptors (Lipinski definition) is 7. The first kappa shape index (κ1) is 24.8. The Balaban J connectivity index is 2.20. The fourth-order valence-electron chi connectivity index (χ4n) is 2.60. The van der Waals surface area contributed by atoms with E-state index in [1.807, 2.05) is 0 Å². The van der Waals surface area contributed by atoms with E-state index >= 15 is 0 Å². The summed E-state index contributed by atoms with van der Waals surface area (Å²) in [6.45, 7) is -0.525. The van der Waals surface area contributed by atoms with E-state index in [0.717, 1.165) is 10.6 Å². The fourth-order valence-corrected chi connectivity index (χ4v) is 4.24. The lowest BCUT2D eigenvalue weighted by Gasteiger charge is -2.23. The Bertz CT molecular complexity index is 1090. The Hall–Kier alpha value is -2.50. The Morgan fingerprint density at radius 2 is 1.84 bits per heavy atom. The van der Waals surface area contributed by atoms with Crippen molar-refractivity contribution in [1.29, 1.82) is 0 Å². The maximum absolute atomic E-state index is 12.4. The summed E-state index contributed by atoms with van der Waals surface area (Å²) in [4.78, 5) is 12.4. The molecule has 0 atom stereocenters. The van der Waals surface area contributed by atoms with E-state index in [-0.39, 0.29) is 11.4 Å². The second kappa shape index (κ2) is 10.7. The summed E-state index contributed by atoms with van der Waals surface area (Å²) in [5.74, 6) is 0.577. The van der Waals surface area contributed by atoms with Crippen LogP contribution in [0.4, 0.5) is 5.69 Å². The first-order valence-corrected chi connectivity index (χ1v) is 11.7. The summed E-state index contributed by atoms with van der Waals surface area (Å²) < 4.78 is 41.8. The number of ether oxygens (including phenoxy) is 3. The van der Waals surface area contributed by atoms with Crippen LogP contribution in [0, 0.1) is 0 Å². The third-order valence-electron chi connectivity index (χ3n) is 3.96. The van der Waals surface area contributed by atoms with Crippen LogP contribution in [0.2, 0.25) is 5.02 Å². The molecule has 12 heteroatoms. The summed E-state index contributed by atoms with van der Waals surface area (Å²) in [7, 11) is 0.581. The second-order valence-electron chi connectivity index (χ2n) is 6.12. The van der Waals surface area contributed by atoms with Crippen LogP contribution in [0.1, 0.15) is 5.56 Å². The highest BCUT2D eigenvalue weighted by Crippen LogP contribution is 2.36. The van der Waals surface area contributed by atoms with Gasteiger partial charge in [-0.2, -0.15) is 5.10 Å². The zero-order chi connectivity index (χ0) is 23.2. The Kier molecular flexibility index (Phi) is 8.54. The topological polar surface area (TPSA) is 107 Å². The van der Waals surface area contributed by atoms with Gasteiger partial charge >= 0.3 is 0 Å². The normalized spacial score (nSPS) is 11.3. The molecule has 0 aliphatic heterocycles. The summed E-state index contributed by atoms with van der Waals surface area (Å²) in [5.41, 5.74) is 3.06. The molecule has 0 aromatic heterocycles. The van der Waals surface area contributed by atoms with Crippen molar-refractivity contribution in [3.8, 4) is 17.2 Å². The van der Waals surface area contributed by atoms with Gasteiger partial charge in [0.15, 0.2) is 11.5 Å². The SMILES string of the molecule is COc1ccc(Cl)cc1N(CC(=O)N/N=C\c1cc(Br)c(OC)c(OC)c1)S(C)(=O)=O. The molecule has 0 aliphatic rings. The number of halogens is 2. The zero-order valence-electron chi connectivity index (χ0n) is 17.2. The summed E-state index contributed by atoms with van der Waals surface area (Å²) in [6.07, 6.45) is 2.36. The van der Waals surface area contributed by atoms with E-state index in [9.17, 15) is 13.2 Å². The highest BCUT2D eigenvalue weighted by atomic mass is 79.9. The molecule has 31 heavy (non-hydrogen) atoms. The van der Waals surface area contributed by atoms with Crippen molar-refractivity contribution in [1.82, 2.24) is 5.43 Å². The van der Waals surface area contributed by atoms with E-state index < -0.39 is 22.5 Å². The minimum Gasteiger partial charge on any atom is -0.495 e. The number of rotatable bonds is 9. The molecule has 0 saturated carbocycles. The van der Waals surface area contributed by atoms with Gasteiger partial charge in [0, 0.05) is 5.02 Å². The number of carbonyl (C=O) groups is 1. The van der Waals surface area contributed by atoms with E-state index in [1.165, 1.54) is 39.7 Å². The number of sulfonamides is 1. The van der Waals surface area contributed by atoms with Crippen molar-refractivity contribution in [2.75, 3.05) is 38.4 Å². The molecule has 2 aromatic carbocycles. The van der Waals surface area contributed by atoms with Gasteiger partial charge in [0.05, 0.1) is 44.0 Å². The van der Waals surface area contributed by atoms with Gasteiger partial charge in [0.1, 0.15) is 12.3 Å². The van der Waals surface area contributed by atoms with Crippen LogP contribution < -0.4 is 23.9 Å². The maximum atomic E-state index is 12.4. The lowest BCUT2D eigenvalue weighted by molar-refractivity contribution is -0.119. The van der Waals surface area contributed by atoms with Crippen LogP contribution in [0.15, 0.2) is 39.9 Å². The van der Waals surface area contributed by atoms with Gasteiger partial charge in [0.25, 0.3) is 5.91 Å². The number of nitrogens with zero attached hydrogens (tertiary/aromatic N) is 2. The van der Waals surface area contributed by atoms with E-state index in [1.54, 1.807) is 18.2 Å². The molecule has 0 aliphatic carbocycles. The highest BCUT2D eigenvalue weighted by Gasteiger charge is 2.24. The van der Waals surface area contributed by atoms with Crippen LogP contribution in [0.3, 0.4) is 0 Å². The molecule has 0 fully saturated rings. The Morgan fingerprint density at radius 1 is 1.16 bits per heavy atom. The van der Waals surface area contributed by atoms with E-state index in [2.05, 4.69) is 26.5 Å². The fraction of sp³-hybridized carbons (Fsp3) is 0.263. The molecule has 0 spiro atoms. The minimum absolute atomic E-state index is 0.139. The summed E-state index contributed by atoms with van der Waals surface area (Å²) in [5, 5.41) is 4.18. The third-order valence-corrected chi connectivity index (χ3v) is 5.91. The van der Waals surface area contributed by atoms with Crippen molar-refractivity contribution in [2.24, 2.45) is 5.10 Å². The Morgan fingerprint density at radius 3 is 2.42 bits per heavy atom. The summed E-state index contributed by atoms with van der Waals surface area (Å²) in [6, 6.07) is 7.85. The molecule has 0 bridgehead atoms. The number of amides is 1. The lowest BCUT2D eigenvalue weighted by Crippen LogP contribution is -2.39. The minimum atomic E-state index is -3.82. The molecule has 0 unspecified atom stereocenters. The maximum Gasteiger partial charge on any atom is 0.260 e. The van der Waals surface area contributed by atoms with Crippen LogP contribution in [-0.2, 0) is 14.8 Å². The number of hydrogen-bond donors (Lipinski definition) is 1. The van der Waals surface area contributed by atoms with Gasteiger partial charge in [0.2, 0.25) is 10.0 Å². The van der Waals surface area contributed by atoms with Crippen molar-refractivity contribution < 1.29 is 27.4 Å². The molecule has 9 nitrogen and oxygen atoms in total. The van der Waals surface area contributed by atoms with Gasteiger partial charge in [-0.25, -0.2) is 13.8 Å². The smallest absolute Gasteiger partial charge is 0.260 e. The van der Waals surface area contributed by atoms with Crippen LogP contribution >= 0.6 is 27.5 Å². The molecule has 1 amide bonds. The van der Waals surface area contributed by atoms with Crippen molar-refractivity contribution in [3.63, 3.8) is 0 Å². The molecule has 1 N–H and O–H groups in total. The van der Waals surface area contributed by atoms with Gasteiger partial charge in [-0.05, 0) is 51.8 Å². The molecule has 0 heterocycles. The van der Waals surface area contributed by atoms with Crippen LogP contribution in [-0.4, -0.2) is 54.7 Å². The summed E-state index contributed by atoms with van der Waals surface area (Å²) >= 11 is 9.36. The van der Waals surface area contributed by atoms with Gasteiger partial charge in [-0.3, -0.25) is 9.10 Å². The van der Waals surface area contributed by atoms with Crippen molar-refractivity contribution in [3.05, 3.63) is 45.4 Å². The number of carbonyl (C=O) groups excluding carboxylic acids is 1. The predicted molar refractivity (Wildman–Crippen MR) is 123 cm³/mol. The van der Waals surface area contributed by atoms with E-state index in [4.69, 9.17) is 25.8 Å². The molecule has 2 aromatic rings. The molecule has 0 saturated heterocycles. The molecular weight excluding hydrogens is 514 g/mol. The van der Waals surface area contributed by atoms with Crippen LogP contribution in [0.25, 0.3) is 0 Å². The molecule has 168 valence electrons. The van der Waals surface area contributed by atoms with E-state index in [0.29, 0.717) is 26.6 Å². The highest BCUT2D eigenvalue weighted by molar-refractivity contribution is 9.10. The van der Waals surface area contributed by atoms with Gasteiger partial charge in [-0.15, -0.1) is 0 Å². The molecule has 2 rings (SSSR count). The quantitative estimate of drug-likeness (QED) is 0.391. The number of methoxy groups -OCH3 is 3. The largest absolute Gasteiger partial charge is 0.495 e. The van der Waals surface area contributed by atoms with Crippen LogP contribution in [0.5, 0.6) is 17.2 Å². The lowest BCUT2D eigenvalue weighted by atomic mass is 10.2. The zero-order valence-corrected chi connectivity index (χ0v) is 20.3. The average molecular weight is 535 g/mol. The number of anilines is 1. The monoisotopic (exact) mass is 533 g/mol. The molecule has 0 radical (unpaired) electrons. The van der Waals surface area contributed by atoms with Gasteiger partial charge < -0.3 is 14.2 Å². The molecular formula is C19H21BrClN3O6S. The number of hydrazone groups is 1. The number of nitrogens with one attached hydrogen (secondary N) is 1. The second-order valence-corrected chi connectivity index (χ2v) is 9.31. The predicted octanol–water partition coefficient (Wildman–Crippen LogP) is 3.04. The van der Waals surface area contributed by atoms with Crippen molar-refractivity contribution in [2.45, 2.75) is 0 Å². The average Bonchev–Trinajstić information content (AvgIpc) is 2.70. The third kappa shape index (κ3) is 6.49. The van der Waals surface area contributed by atoms with Gasteiger partial charge in [-0.1, -0.05) is 11.6 Å². The Labute approximate surface area is 194 Å². The van der Waals surface area contributed by atoms with Crippen molar-refractivity contribution >= 4 is 55.4 Å². The first-order chi connectivity index (χ1) is 14.6.